The molecule has 0 rings (SSSR count). The average Bonchev–Trinajstić information content (AvgIpc) is 2.41. The molecule has 0 heterocycles. The van der Waals surface area contributed by atoms with Crippen LogP contribution in [0.3, 0.4) is 0 Å². The van der Waals surface area contributed by atoms with Crippen LogP contribution in [-0.2, 0) is 32.7 Å². The first kappa shape index (κ1) is 19.5. The van der Waals surface area contributed by atoms with Crippen LogP contribution in [0.25, 0.3) is 0 Å². The Labute approximate surface area is 119 Å². The molecule has 0 fully saturated rings. The van der Waals surface area contributed by atoms with E-state index in [1.807, 2.05) is 6.66 Å². The summed E-state index contributed by atoms with van der Waals surface area (Å²) < 4.78 is 29.6. The molecular formula is C8H17BNO8P2. The zero-order valence-corrected chi connectivity index (χ0v) is 12.8. The van der Waals surface area contributed by atoms with Gasteiger partial charge in [0, 0.05) is 6.54 Å². The van der Waals surface area contributed by atoms with E-state index in [0.717, 1.165) is 0 Å². The summed E-state index contributed by atoms with van der Waals surface area (Å²) in [6, 6.07) is 0. The van der Waals surface area contributed by atoms with Gasteiger partial charge in [-0.25, -0.2) is 4.57 Å². The van der Waals surface area contributed by atoms with Crippen molar-refractivity contribution in [3.05, 3.63) is 0 Å². The first-order valence-corrected chi connectivity index (χ1v) is 8.61. The molecule has 12 heteroatoms. The van der Waals surface area contributed by atoms with Gasteiger partial charge in [-0.2, -0.15) is 0 Å². The van der Waals surface area contributed by atoms with Crippen molar-refractivity contribution in [2.24, 2.45) is 0 Å². The van der Waals surface area contributed by atoms with Gasteiger partial charge in [0.15, 0.2) is 6.10 Å². The number of carbonyl (C=O) groups excluding carboxylic acids is 2. The Hall–Kier alpha value is -0.495. The van der Waals surface area contributed by atoms with Gasteiger partial charge in [-0.05, 0) is 0 Å². The van der Waals surface area contributed by atoms with E-state index in [-0.39, 0.29) is 26.2 Å². The fourth-order valence-electron chi connectivity index (χ4n) is 0.961. The van der Waals surface area contributed by atoms with Crippen molar-refractivity contribution in [2.75, 3.05) is 33.0 Å². The maximum absolute atomic E-state index is 11.4. The lowest BCUT2D eigenvalue weighted by atomic mass is 10.4. The summed E-state index contributed by atoms with van der Waals surface area (Å²) in [5.41, 5.74) is 0. The number of carbonyl (C=O) groups is 2. The molecule has 0 aromatic heterocycles. The van der Waals surface area contributed by atoms with Crippen LogP contribution in [0.5, 0.6) is 0 Å². The Bertz CT molecular complexity index is 321. The number of hydrogen-bond acceptors (Lipinski definition) is 8. The molecule has 20 heavy (non-hydrogen) atoms. The van der Waals surface area contributed by atoms with E-state index in [2.05, 4.69) is 23.7 Å². The third-order valence-electron chi connectivity index (χ3n) is 1.77. The van der Waals surface area contributed by atoms with Crippen LogP contribution in [0.4, 0.5) is 0 Å². The summed E-state index contributed by atoms with van der Waals surface area (Å²) in [6.07, 6.45) is -0.977. The van der Waals surface area contributed by atoms with E-state index >= 15 is 0 Å². The van der Waals surface area contributed by atoms with E-state index in [9.17, 15) is 19.0 Å². The number of rotatable bonds is 14. The predicted octanol–water partition coefficient (Wildman–Crippen LogP) is -0.733. The fraction of sp³-hybridized carbons (Fsp3) is 0.750. The molecule has 3 unspecified atom stereocenters. The highest BCUT2D eigenvalue weighted by molar-refractivity contribution is 7.69. The lowest BCUT2D eigenvalue weighted by molar-refractivity contribution is -0.144. The van der Waals surface area contributed by atoms with Gasteiger partial charge in [0.1, 0.15) is 6.61 Å². The molecule has 0 amide bonds. The molecule has 115 valence electrons. The van der Waals surface area contributed by atoms with Crippen molar-refractivity contribution in [2.45, 2.75) is 6.10 Å². The van der Waals surface area contributed by atoms with E-state index in [1.165, 1.54) is 0 Å². The van der Waals surface area contributed by atoms with Crippen molar-refractivity contribution >= 4 is 36.4 Å². The van der Waals surface area contributed by atoms with Crippen molar-refractivity contribution in [1.82, 2.24) is 5.23 Å². The summed E-state index contributed by atoms with van der Waals surface area (Å²) in [7, 11) is -1.83. The summed E-state index contributed by atoms with van der Waals surface area (Å²) in [5, 5.41) is 2.87. The molecule has 0 bridgehead atoms. The molecule has 0 aromatic carbocycles. The maximum atomic E-state index is 11.4. The van der Waals surface area contributed by atoms with Crippen LogP contribution >= 0.6 is 16.3 Å². The smallest absolute Gasteiger partial charge is 0.464 e. The predicted molar refractivity (Wildman–Crippen MR) is 72.7 cm³/mol. The Balaban J connectivity index is 3.93. The van der Waals surface area contributed by atoms with Gasteiger partial charge >= 0.3 is 7.82 Å². The molecule has 0 aromatic rings. The van der Waals surface area contributed by atoms with Crippen LogP contribution in [0.1, 0.15) is 0 Å². The van der Waals surface area contributed by atoms with Gasteiger partial charge in [-0.15, -0.1) is 8.46 Å². The zero-order chi connectivity index (χ0) is 15.3. The van der Waals surface area contributed by atoms with Crippen LogP contribution in [0, 0.1) is 0 Å². The molecule has 0 spiro atoms. The quantitative estimate of drug-likeness (QED) is 0.184. The number of nitrogens with one attached hydrogen (secondary N) is 1. The molecule has 9 nitrogen and oxygen atoms in total. The molecule has 0 aliphatic rings. The second-order valence-corrected chi connectivity index (χ2v) is 5.59. The molecule has 0 saturated carbocycles. The SMILES string of the molecule is CP[B]NCCOP(=O)(O)OCC(COC=O)OC=O. The van der Waals surface area contributed by atoms with Gasteiger partial charge in [0.05, 0.1) is 13.2 Å². The number of ether oxygens (including phenoxy) is 2. The van der Waals surface area contributed by atoms with E-state index < -0.39 is 20.5 Å². The van der Waals surface area contributed by atoms with Gasteiger partial charge in [-0.3, -0.25) is 18.6 Å². The topological polar surface area (TPSA) is 120 Å². The third kappa shape index (κ3) is 11.3. The molecule has 0 aliphatic carbocycles. The first-order chi connectivity index (χ1) is 9.55. The highest BCUT2D eigenvalue weighted by atomic mass is 31.2. The van der Waals surface area contributed by atoms with Crippen molar-refractivity contribution in [1.29, 1.82) is 0 Å². The largest absolute Gasteiger partial charge is 0.472 e. The Morgan fingerprint density at radius 2 is 2.10 bits per heavy atom. The molecule has 0 saturated heterocycles. The normalized spacial score (nSPS) is 15.5. The summed E-state index contributed by atoms with van der Waals surface area (Å²) >= 11 is 0. The summed E-state index contributed by atoms with van der Waals surface area (Å²) in [6.45, 7) is 1.86. The minimum Gasteiger partial charge on any atom is -0.464 e. The Morgan fingerprint density at radius 3 is 2.70 bits per heavy atom. The number of phosphoric acid groups is 1. The number of hydrogen-bond donors (Lipinski definition) is 2. The van der Waals surface area contributed by atoms with Gasteiger partial charge in [-0.1, -0.05) is 6.66 Å². The molecule has 3 atom stereocenters. The molecular weight excluding hydrogens is 311 g/mol. The molecule has 2 N–H and O–H groups in total. The standard InChI is InChI=1S/C8H17BNO8P2/c1-19-9-10-2-3-17-20(13,14)18-5-8(16-7-12)4-15-6-11/h6-8,10,19H,2-5H2,1H3,(H,13,14). The summed E-state index contributed by atoms with van der Waals surface area (Å²) in [5.74, 6) is 0. The van der Waals surface area contributed by atoms with Gasteiger partial charge < -0.3 is 19.6 Å². The monoisotopic (exact) mass is 328 g/mol. The van der Waals surface area contributed by atoms with Gasteiger partial charge in [0.2, 0.25) is 7.13 Å². The highest BCUT2D eigenvalue weighted by Crippen LogP contribution is 2.42. The second kappa shape index (κ2) is 12.3. The zero-order valence-electron chi connectivity index (χ0n) is 10.9. The van der Waals surface area contributed by atoms with Crippen LogP contribution in [0.2, 0.25) is 0 Å². The lowest BCUT2D eigenvalue weighted by Gasteiger charge is -2.17. The highest BCUT2D eigenvalue weighted by Gasteiger charge is 2.24. The van der Waals surface area contributed by atoms with E-state index in [0.29, 0.717) is 15.0 Å². The second-order valence-electron chi connectivity index (χ2n) is 3.27. The van der Waals surface area contributed by atoms with Crippen molar-refractivity contribution < 1.29 is 37.6 Å². The van der Waals surface area contributed by atoms with Crippen molar-refractivity contribution in [3.8, 4) is 0 Å². The molecule has 0 aliphatic heterocycles. The maximum Gasteiger partial charge on any atom is 0.472 e. The van der Waals surface area contributed by atoms with E-state index in [4.69, 9.17) is 0 Å². The van der Waals surface area contributed by atoms with Gasteiger partial charge in [0.25, 0.3) is 12.9 Å². The lowest BCUT2D eigenvalue weighted by Crippen LogP contribution is -2.25. The molecule has 1 radical (unpaired) electrons. The van der Waals surface area contributed by atoms with E-state index in [1.54, 1.807) is 7.13 Å². The van der Waals surface area contributed by atoms with Crippen LogP contribution in [0.15, 0.2) is 0 Å². The Morgan fingerprint density at radius 1 is 1.35 bits per heavy atom. The summed E-state index contributed by atoms with van der Waals surface area (Å²) in [4.78, 5) is 29.5. The van der Waals surface area contributed by atoms with Crippen LogP contribution in [-0.4, -0.2) is 64.1 Å². The average molecular weight is 328 g/mol. The number of phosphoric ester groups is 1. The minimum atomic E-state index is -4.24. The first-order valence-electron chi connectivity index (χ1n) is 5.54. The third-order valence-corrected chi connectivity index (χ3v) is 3.25. The fourth-order valence-corrected chi connectivity index (χ4v) is 2.06. The van der Waals surface area contributed by atoms with Crippen molar-refractivity contribution in [3.63, 3.8) is 0 Å². The minimum absolute atomic E-state index is 0.0290. The van der Waals surface area contributed by atoms with Crippen LogP contribution < -0.4 is 5.23 Å². The Kier molecular flexibility index (Phi) is 12.0.